The van der Waals surface area contributed by atoms with Crippen molar-refractivity contribution in [1.82, 2.24) is 4.72 Å². The topological polar surface area (TPSA) is 101 Å². The van der Waals surface area contributed by atoms with Gasteiger partial charge in [-0.25, -0.2) is 13.1 Å². The zero-order valence-electron chi connectivity index (χ0n) is 12.0. The Balaban J connectivity index is 2.10. The van der Waals surface area contributed by atoms with Crippen molar-refractivity contribution < 1.29 is 13.2 Å². The maximum Gasteiger partial charge on any atom is 0.240 e. The molecule has 0 spiro atoms. The Bertz CT molecular complexity index is 598. The van der Waals surface area contributed by atoms with Crippen molar-refractivity contribution in [3.8, 4) is 0 Å². The van der Waals surface area contributed by atoms with Gasteiger partial charge in [-0.2, -0.15) is 0 Å². The van der Waals surface area contributed by atoms with E-state index >= 15 is 0 Å². The van der Waals surface area contributed by atoms with Crippen molar-refractivity contribution in [3.63, 3.8) is 0 Å². The van der Waals surface area contributed by atoms with Crippen LogP contribution in [0.2, 0.25) is 0 Å². The molecule has 1 amide bonds. The van der Waals surface area contributed by atoms with E-state index in [4.69, 9.17) is 5.73 Å². The number of anilines is 1. The summed E-state index contributed by atoms with van der Waals surface area (Å²) in [5.74, 6) is 0.0129. The molecular weight excluding hydrogens is 290 g/mol. The van der Waals surface area contributed by atoms with Crippen LogP contribution >= 0.6 is 0 Å². The van der Waals surface area contributed by atoms with E-state index in [1.165, 1.54) is 19.1 Å². The van der Waals surface area contributed by atoms with E-state index in [-0.39, 0.29) is 22.8 Å². The van der Waals surface area contributed by atoms with Crippen molar-refractivity contribution in [1.29, 1.82) is 0 Å². The molecule has 21 heavy (non-hydrogen) atoms. The average molecular weight is 311 g/mol. The third-order valence-corrected chi connectivity index (χ3v) is 5.26. The fourth-order valence-corrected chi connectivity index (χ4v) is 4.00. The van der Waals surface area contributed by atoms with E-state index in [1.807, 2.05) is 0 Å². The lowest BCUT2D eigenvalue weighted by atomic mass is 10.1. The van der Waals surface area contributed by atoms with Crippen LogP contribution in [-0.4, -0.2) is 26.9 Å². The molecule has 2 rings (SSSR count). The van der Waals surface area contributed by atoms with Crippen LogP contribution in [0.5, 0.6) is 0 Å². The Morgan fingerprint density at radius 2 is 1.95 bits per heavy atom. The largest absolute Gasteiger partial charge is 0.330 e. The van der Waals surface area contributed by atoms with Crippen molar-refractivity contribution in [2.45, 2.75) is 37.1 Å². The minimum atomic E-state index is -3.55. The molecule has 1 aliphatic rings. The molecule has 7 heteroatoms. The monoisotopic (exact) mass is 311 g/mol. The first-order valence-electron chi connectivity index (χ1n) is 7.02. The summed E-state index contributed by atoms with van der Waals surface area (Å²) in [6, 6.07) is 6.03. The van der Waals surface area contributed by atoms with Gasteiger partial charge in [-0.05, 0) is 49.6 Å². The molecule has 0 heterocycles. The Kier molecular flexibility index (Phi) is 4.97. The van der Waals surface area contributed by atoms with Gasteiger partial charge >= 0.3 is 0 Å². The lowest BCUT2D eigenvalue weighted by Gasteiger charge is -2.19. The summed E-state index contributed by atoms with van der Waals surface area (Å²) in [5, 5.41) is 2.60. The molecule has 1 aromatic carbocycles. The highest BCUT2D eigenvalue weighted by molar-refractivity contribution is 7.89. The summed E-state index contributed by atoms with van der Waals surface area (Å²) < 4.78 is 27.4. The molecule has 1 fully saturated rings. The van der Waals surface area contributed by atoms with Crippen molar-refractivity contribution in [2.24, 2.45) is 11.7 Å². The SMILES string of the molecule is CC(=O)Nc1ccc(S(=O)(=O)NC2CCCC2CN)cc1. The normalized spacial score (nSPS) is 22.2. The zero-order chi connectivity index (χ0) is 15.5. The maximum atomic E-state index is 12.3. The van der Waals surface area contributed by atoms with Crippen LogP contribution in [0.3, 0.4) is 0 Å². The molecule has 0 bridgehead atoms. The summed E-state index contributed by atoms with van der Waals surface area (Å²) in [6.45, 7) is 1.90. The molecule has 116 valence electrons. The Hall–Kier alpha value is -1.44. The summed E-state index contributed by atoms with van der Waals surface area (Å²) in [7, 11) is -3.55. The van der Waals surface area contributed by atoms with Crippen LogP contribution in [0.4, 0.5) is 5.69 Å². The number of nitrogens with one attached hydrogen (secondary N) is 2. The summed E-state index contributed by atoms with van der Waals surface area (Å²) in [5.41, 5.74) is 6.24. The molecule has 4 N–H and O–H groups in total. The number of benzene rings is 1. The first kappa shape index (κ1) is 15.9. The third kappa shape index (κ3) is 4.03. The lowest BCUT2D eigenvalue weighted by Crippen LogP contribution is -2.39. The van der Waals surface area contributed by atoms with Gasteiger partial charge in [-0.1, -0.05) is 6.42 Å². The molecule has 2 atom stereocenters. The van der Waals surface area contributed by atoms with E-state index in [0.717, 1.165) is 19.3 Å². The smallest absolute Gasteiger partial charge is 0.240 e. The molecule has 1 aliphatic carbocycles. The molecule has 0 saturated heterocycles. The van der Waals surface area contributed by atoms with Gasteiger partial charge in [0.15, 0.2) is 0 Å². The summed E-state index contributed by atoms with van der Waals surface area (Å²) >= 11 is 0. The minimum Gasteiger partial charge on any atom is -0.330 e. The fourth-order valence-electron chi connectivity index (χ4n) is 2.66. The van der Waals surface area contributed by atoms with Gasteiger partial charge in [0.1, 0.15) is 0 Å². The Morgan fingerprint density at radius 3 is 2.52 bits per heavy atom. The van der Waals surface area contributed by atoms with Gasteiger partial charge in [0, 0.05) is 18.7 Å². The third-order valence-electron chi connectivity index (χ3n) is 3.75. The van der Waals surface area contributed by atoms with E-state index < -0.39 is 10.0 Å². The van der Waals surface area contributed by atoms with Crippen LogP contribution in [0.15, 0.2) is 29.2 Å². The summed E-state index contributed by atoms with van der Waals surface area (Å²) in [4.78, 5) is 11.1. The molecular formula is C14H21N3O3S. The predicted octanol–water partition coefficient (Wildman–Crippen LogP) is 1.05. The van der Waals surface area contributed by atoms with Gasteiger partial charge in [0.2, 0.25) is 15.9 Å². The molecule has 6 nitrogen and oxygen atoms in total. The summed E-state index contributed by atoms with van der Waals surface area (Å²) in [6.07, 6.45) is 2.78. The Morgan fingerprint density at radius 1 is 1.29 bits per heavy atom. The van der Waals surface area contributed by atoms with E-state index in [9.17, 15) is 13.2 Å². The molecule has 0 aliphatic heterocycles. The van der Waals surface area contributed by atoms with Crippen LogP contribution in [0, 0.1) is 5.92 Å². The van der Waals surface area contributed by atoms with Gasteiger partial charge < -0.3 is 11.1 Å². The Labute approximate surface area is 125 Å². The first-order valence-corrected chi connectivity index (χ1v) is 8.51. The lowest BCUT2D eigenvalue weighted by molar-refractivity contribution is -0.114. The van der Waals surface area contributed by atoms with Gasteiger partial charge in [-0.15, -0.1) is 0 Å². The van der Waals surface area contributed by atoms with E-state index in [0.29, 0.717) is 12.2 Å². The number of carbonyl (C=O) groups excluding carboxylic acids is 1. The zero-order valence-corrected chi connectivity index (χ0v) is 12.8. The van der Waals surface area contributed by atoms with Crippen LogP contribution in [0.25, 0.3) is 0 Å². The van der Waals surface area contributed by atoms with Crippen molar-refractivity contribution in [2.75, 3.05) is 11.9 Å². The number of sulfonamides is 1. The number of hydrogen-bond acceptors (Lipinski definition) is 4. The van der Waals surface area contributed by atoms with Crippen LogP contribution in [0.1, 0.15) is 26.2 Å². The van der Waals surface area contributed by atoms with Crippen molar-refractivity contribution in [3.05, 3.63) is 24.3 Å². The van der Waals surface area contributed by atoms with E-state index in [1.54, 1.807) is 12.1 Å². The van der Waals surface area contributed by atoms with Gasteiger partial charge in [0.05, 0.1) is 4.90 Å². The van der Waals surface area contributed by atoms with Crippen LogP contribution < -0.4 is 15.8 Å². The standard InChI is InChI=1S/C14H21N3O3S/c1-10(18)16-12-5-7-13(8-6-12)21(19,20)17-14-4-2-3-11(14)9-15/h5-8,11,14,17H,2-4,9,15H2,1H3,(H,16,18). The second kappa shape index (κ2) is 6.55. The number of rotatable bonds is 5. The number of amides is 1. The van der Waals surface area contributed by atoms with Gasteiger partial charge in [-0.3, -0.25) is 4.79 Å². The molecule has 0 radical (unpaired) electrons. The molecule has 0 aromatic heterocycles. The average Bonchev–Trinajstić information content (AvgIpc) is 2.85. The number of hydrogen-bond donors (Lipinski definition) is 3. The highest BCUT2D eigenvalue weighted by atomic mass is 32.2. The highest BCUT2D eigenvalue weighted by Gasteiger charge is 2.30. The predicted molar refractivity (Wildman–Crippen MR) is 81.3 cm³/mol. The first-order chi connectivity index (χ1) is 9.92. The second-order valence-corrected chi connectivity index (χ2v) is 7.07. The fraction of sp³-hybridized carbons (Fsp3) is 0.500. The molecule has 1 saturated carbocycles. The molecule has 2 unspecified atom stereocenters. The van der Waals surface area contributed by atoms with Crippen LogP contribution in [-0.2, 0) is 14.8 Å². The quantitative estimate of drug-likeness (QED) is 0.756. The highest BCUT2D eigenvalue weighted by Crippen LogP contribution is 2.26. The second-order valence-electron chi connectivity index (χ2n) is 5.36. The number of carbonyl (C=O) groups is 1. The molecule has 1 aromatic rings. The minimum absolute atomic E-state index is 0.0879. The van der Waals surface area contributed by atoms with E-state index in [2.05, 4.69) is 10.0 Å². The van der Waals surface area contributed by atoms with Gasteiger partial charge in [0.25, 0.3) is 0 Å². The maximum absolute atomic E-state index is 12.3. The number of nitrogens with two attached hydrogens (primary N) is 1. The van der Waals surface area contributed by atoms with Crippen molar-refractivity contribution >= 4 is 21.6 Å².